The second kappa shape index (κ2) is 8.22. The van der Waals surface area contributed by atoms with Gasteiger partial charge in [-0.1, -0.05) is 12.1 Å². The minimum atomic E-state index is -0.934. The average molecular weight is 401 g/mol. The number of esters is 1. The Balaban J connectivity index is 1.71. The summed E-state index contributed by atoms with van der Waals surface area (Å²) >= 11 is 1.43. The zero-order chi connectivity index (χ0) is 20.4. The van der Waals surface area contributed by atoms with Gasteiger partial charge in [0.25, 0.3) is 0 Å². The molecule has 2 aromatic rings. The van der Waals surface area contributed by atoms with Gasteiger partial charge in [-0.2, -0.15) is 0 Å². The molecule has 0 aliphatic carbocycles. The number of hydrogen-bond donors (Lipinski definition) is 0. The Morgan fingerprint density at radius 2 is 1.96 bits per heavy atom. The highest BCUT2D eigenvalue weighted by Gasteiger charge is 2.43. The zero-order valence-electron chi connectivity index (χ0n) is 16.3. The monoisotopic (exact) mass is 401 g/mol. The number of amides is 1. The number of nitrogens with zero attached hydrogens (tertiary/aromatic N) is 1. The molecule has 148 valence electrons. The number of carbonyl (C=O) groups is 3. The summed E-state index contributed by atoms with van der Waals surface area (Å²) in [5, 5.41) is -0.379. The van der Waals surface area contributed by atoms with Gasteiger partial charge in [-0.05, 0) is 50.1 Å². The first-order valence-electron chi connectivity index (χ1n) is 9.05. The van der Waals surface area contributed by atoms with Crippen molar-refractivity contribution in [3.63, 3.8) is 0 Å². The van der Waals surface area contributed by atoms with Gasteiger partial charge in [0.2, 0.25) is 11.7 Å². The molecular formula is C21H23NO5S. The Kier molecular flexibility index (Phi) is 5.93. The number of ether oxygens (including phenoxy) is 1. The lowest BCUT2D eigenvalue weighted by Crippen LogP contribution is -2.44. The van der Waals surface area contributed by atoms with Gasteiger partial charge in [0, 0.05) is 18.2 Å². The van der Waals surface area contributed by atoms with Crippen molar-refractivity contribution in [1.82, 2.24) is 4.90 Å². The first-order chi connectivity index (χ1) is 13.3. The Bertz CT molecular complexity index is 892. The van der Waals surface area contributed by atoms with Gasteiger partial charge in [0.1, 0.15) is 17.2 Å². The van der Waals surface area contributed by atoms with Crippen molar-refractivity contribution in [3.8, 4) is 0 Å². The highest BCUT2D eigenvalue weighted by molar-refractivity contribution is 7.99. The molecule has 0 radical (unpaired) electrons. The van der Waals surface area contributed by atoms with Crippen LogP contribution in [0.5, 0.6) is 0 Å². The standard InChI is InChI=1S/C21H23NO5S/c1-12-7-8-16(10-13(12)2)19(24)14(3)27-21(25)17-11-28-20(22(17)15(4)23)18-6-5-9-26-18/h5-10,14,17,20H,11H2,1-4H3/t14-,17-,20-/m1/s1. The minimum absolute atomic E-state index is 0.249. The summed E-state index contributed by atoms with van der Waals surface area (Å²) in [7, 11) is 0. The van der Waals surface area contributed by atoms with E-state index in [-0.39, 0.29) is 17.1 Å². The number of furan rings is 1. The molecule has 3 rings (SSSR count). The van der Waals surface area contributed by atoms with Crippen LogP contribution in [0.2, 0.25) is 0 Å². The fourth-order valence-corrected chi connectivity index (χ4v) is 4.57. The molecule has 1 fully saturated rings. The first-order valence-corrected chi connectivity index (χ1v) is 10.1. The number of benzene rings is 1. The van der Waals surface area contributed by atoms with Gasteiger partial charge in [-0.3, -0.25) is 9.59 Å². The molecule has 28 heavy (non-hydrogen) atoms. The second-order valence-electron chi connectivity index (χ2n) is 6.89. The third-order valence-electron chi connectivity index (χ3n) is 4.88. The number of carbonyl (C=O) groups excluding carboxylic acids is 3. The lowest BCUT2D eigenvalue weighted by molar-refractivity contribution is -0.155. The molecule has 1 aromatic carbocycles. The van der Waals surface area contributed by atoms with Crippen LogP contribution in [-0.2, 0) is 14.3 Å². The Morgan fingerprint density at radius 1 is 1.21 bits per heavy atom. The number of Topliss-reactive ketones (excluding diaryl/α,β-unsaturated/α-hetero) is 1. The zero-order valence-corrected chi connectivity index (χ0v) is 17.1. The third kappa shape index (κ3) is 3.99. The predicted molar refractivity (Wildman–Crippen MR) is 106 cm³/mol. The molecular weight excluding hydrogens is 378 g/mol. The van der Waals surface area contributed by atoms with E-state index in [9.17, 15) is 14.4 Å². The van der Waals surface area contributed by atoms with E-state index in [1.165, 1.54) is 29.8 Å². The Hall–Kier alpha value is -2.54. The summed E-state index contributed by atoms with van der Waals surface area (Å²) in [6.07, 6.45) is 0.598. The van der Waals surface area contributed by atoms with Gasteiger partial charge in [-0.15, -0.1) is 11.8 Å². The van der Waals surface area contributed by atoms with Gasteiger partial charge in [-0.25, -0.2) is 4.79 Å². The molecule has 6 nitrogen and oxygen atoms in total. The number of hydrogen-bond acceptors (Lipinski definition) is 6. The number of ketones is 1. The highest BCUT2D eigenvalue weighted by atomic mass is 32.2. The van der Waals surface area contributed by atoms with Gasteiger partial charge < -0.3 is 14.1 Å². The predicted octanol–water partition coefficient (Wildman–Crippen LogP) is 3.67. The van der Waals surface area contributed by atoms with E-state index in [1.54, 1.807) is 31.2 Å². The van der Waals surface area contributed by atoms with Crippen LogP contribution in [0.15, 0.2) is 41.0 Å². The van der Waals surface area contributed by atoms with Crippen molar-refractivity contribution >= 4 is 29.4 Å². The molecule has 1 saturated heterocycles. The topological polar surface area (TPSA) is 76.8 Å². The quantitative estimate of drug-likeness (QED) is 0.562. The molecule has 1 aliphatic rings. The Labute approximate surface area is 168 Å². The number of rotatable bonds is 5. The van der Waals surface area contributed by atoms with Crippen molar-refractivity contribution in [2.45, 2.75) is 45.2 Å². The molecule has 2 heterocycles. The fourth-order valence-electron chi connectivity index (χ4n) is 3.16. The summed E-state index contributed by atoms with van der Waals surface area (Å²) in [4.78, 5) is 39.0. The molecule has 3 atom stereocenters. The largest absolute Gasteiger partial charge is 0.466 e. The molecule has 0 spiro atoms. The summed E-state index contributed by atoms with van der Waals surface area (Å²) in [5.74, 6) is -0.106. The van der Waals surface area contributed by atoms with E-state index >= 15 is 0 Å². The van der Waals surface area contributed by atoms with Crippen LogP contribution in [-0.4, -0.2) is 40.5 Å². The average Bonchev–Trinajstić information content (AvgIpc) is 3.32. The summed E-state index contributed by atoms with van der Waals surface area (Å²) < 4.78 is 10.8. The molecule has 7 heteroatoms. The van der Waals surface area contributed by atoms with Crippen molar-refractivity contribution < 1.29 is 23.5 Å². The van der Waals surface area contributed by atoms with Crippen molar-refractivity contribution in [1.29, 1.82) is 0 Å². The third-order valence-corrected chi connectivity index (χ3v) is 6.16. The SMILES string of the molecule is CC(=O)N1[C@@H](C(=O)O[C@H](C)C(=O)c2ccc(C)c(C)c2)CS[C@@H]1c1ccco1. The molecule has 1 aromatic heterocycles. The van der Waals surface area contributed by atoms with E-state index in [1.807, 2.05) is 19.9 Å². The lowest BCUT2D eigenvalue weighted by atomic mass is 10.0. The number of aryl methyl sites for hydroxylation is 2. The van der Waals surface area contributed by atoms with E-state index in [0.29, 0.717) is 17.1 Å². The van der Waals surface area contributed by atoms with Crippen molar-refractivity contribution in [3.05, 3.63) is 59.0 Å². The van der Waals surface area contributed by atoms with Crippen molar-refractivity contribution in [2.75, 3.05) is 5.75 Å². The maximum absolute atomic E-state index is 12.7. The minimum Gasteiger partial charge on any atom is -0.466 e. The maximum Gasteiger partial charge on any atom is 0.330 e. The van der Waals surface area contributed by atoms with Crippen LogP contribution in [0.1, 0.15) is 46.5 Å². The van der Waals surface area contributed by atoms with Gasteiger partial charge >= 0.3 is 5.97 Å². The lowest BCUT2D eigenvalue weighted by Gasteiger charge is -2.26. The molecule has 0 saturated carbocycles. The van der Waals surface area contributed by atoms with E-state index in [4.69, 9.17) is 9.15 Å². The van der Waals surface area contributed by atoms with Crippen molar-refractivity contribution in [2.24, 2.45) is 0 Å². The smallest absolute Gasteiger partial charge is 0.330 e. The molecule has 1 amide bonds. The summed E-state index contributed by atoms with van der Waals surface area (Å²) in [6, 6.07) is 8.15. The molecule has 0 unspecified atom stereocenters. The molecule has 0 N–H and O–H groups in total. The van der Waals surface area contributed by atoms with Crippen LogP contribution in [0.25, 0.3) is 0 Å². The van der Waals surface area contributed by atoms with E-state index < -0.39 is 18.1 Å². The normalized spacial score (nSPS) is 20.1. The molecule has 1 aliphatic heterocycles. The maximum atomic E-state index is 12.7. The highest BCUT2D eigenvalue weighted by Crippen LogP contribution is 2.41. The van der Waals surface area contributed by atoms with E-state index in [0.717, 1.165) is 11.1 Å². The van der Waals surface area contributed by atoms with Crippen LogP contribution < -0.4 is 0 Å². The Morgan fingerprint density at radius 3 is 2.57 bits per heavy atom. The van der Waals surface area contributed by atoms with Crippen LogP contribution in [0.4, 0.5) is 0 Å². The van der Waals surface area contributed by atoms with Gasteiger partial charge in [0.05, 0.1) is 6.26 Å². The fraction of sp³-hybridized carbons (Fsp3) is 0.381. The van der Waals surface area contributed by atoms with Gasteiger partial charge in [0.15, 0.2) is 6.10 Å². The summed E-state index contributed by atoms with van der Waals surface area (Å²) in [6.45, 7) is 6.86. The molecule has 0 bridgehead atoms. The van der Waals surface area contributed by atoms with E-state index in [2.05, 4.69) is 0 Å². The van der Waals surface area contributed by atoms with Crippen LogP contribution in [0, 0.1) is 13.8 Å². The summed E-state index contributed by atoms with van der Waals surface area (Å²) in [5.41, 5.74) is 2.59. The number of thioether (sulfide) groups is 1. The second-order valence-corrected chi connectivity index (χ2v) is 8.00. The first kappa shape index (κ1) is 20.2. The van der Waals surface area contributed by atoms with Crippen LogP contribution in [0.3, 0.4) is 0 Å². The van der Waals surface area contributed by atoms with Crippen LogP contribution >= 0.6 is 11.8 Å².